The molecule has 0 saturated heterocycles. The lowest BCUT2D eigenvalue weighted by Gasteiger charge is -2.47. The highest BCUT2D eigenvalue weighted by molar-refractivity contribution is 5.35. The van der Waals surface area contributed by atoms with Crippen molar-refractivity contribution >= 4 is 0 Å². The average molecular weight is 457 g/mol. The van der Waals surface area contributed by atoms with E-state index in [2.05, 4.69) is 82.6 Å². The maximum atomic E-state index is 5.72. The van der Waals surface area contributed by atoms with Crippen LogP contribution in [0.3, 0.4) is 0 Å². The van der Waals surface area contributed by atoms with E-state index >= 15 is 0 Å². The smallest absolute Gasteiger partial charge is 0.123 e. The van der Waals surface area contributed by atoms with Crippen molar-refractivity contribution in [2.24, 2.45) is 0 Å². The van der Waals surface area contributed by atoms with Crippen molar-refractivity contribution in [1.29, 1.82) is 0 Å². The van der Waals surface area contributed by atoms with Crippen molar-refractivity contribution in [3.05, 3.63) is 95.1 Å². The molecule has 1 aliphatic carbocycles. The maximum Gasteiger partial charge on any atom is 0.123 e. The Morgan fingerprint density at radius 3 is 1.47 bits per heavy atom. The van der Waals surface area contributed by atoms with E-state index < -0.39 is 0 Å². The summed E-state index contributed by atoms with van der Waals surface area (Å²) in [5.41, 5.74) is 5.41. The Morgan fingerprint density at radius 1 is 0.618 bits per heavy atom. The van der Waals surface area contributed by atoms with Gasteiger partial charge in [-0.15, -0.1) is 0 Å². The molecule has 1 heterocycles. The zero-order chi connectivity index (χ0) is 23.3. The fourth-order valence-corrected chi connectivity index (χ4v) is 5.93. The second kappa shape index (κ2) is 10.6. The van der Waals surface area contributed by atoms with E-state index in [9.17, 15) is 0 Å². The molecule has 178 valence electrons. The minimum Gasteiger partial charge on any atom is -0.496 e. The van der Waals surface area contributed by atoms with Gasteiger partial charge in [-0.25, -0.2) is 0 Å². The number of fused-ring (bicyclic) bond motifs is 2. The molecular formula is C30H36N2O2. The van der Waals surface area contributed by atoms with Gasteiger partial charge in [-0.2, -0.15) is 0 Å². The van der Waals surface area contributed by atoms with E-state index in [1.54, 1.807) is 14.2 Å². The number of para-hydroxylation sites is 2. The zero-order valence-corrected chi connectivity index (χ0v) is 20.5. The van der Waals surface area contributed by atoms with Crippen LogP contribution in [0.5, 0.6) is 11.5 Å². The average Bonchev–Trinajstić information content (AvgIpc) is 2.88. The Hall–Kier alpha value is -2.82. The first kappa shape index (κ1) is 22.9. The van der Waals surface area contributed by atoms with Gasteiger partial charge in [0.2, 0.25) is 0 Å². The molecule has 0 unspecified atom stereocenters. The van der Waals surface area contributed by atoms with E-state index in [0.717, 1.165) is 37.7 Å². The Labute approximate surface area is 204 Å². The molecule has 34 heavy (non-hydrogen) atoms. The fraction of sp³-hybridized carbons (Fsp3) is 0.400. The SMILES string of the molecule is COc1ccccc1CN1Cc2ccccc2CN(Cc2ccccc2OC)[C@@H]2CCCC[C@H]21. The largest absolute Gasteiger partial charge is 0.496 e. The van der Waals surface area contributed by atoms with Gasteiger partial charge in [0.15, 0.2) is 0 Å². The quantitative estimate of drug-likeness (QED) is 0.452. The van der Waals surface area contributed by atoms with Crippen molar-refractivity contribution in [2.75, 3.05) is 14.2 Å². The van der Waals surface area contributed by atoms with Crippen LogP contribution in [-0.4, -0.2) is 36.1 Å². The molecule has 3 aromatic rings. The van der Waals surface area contributed by atoms with Gasteiger partial charge >= 0.3 is 0 Å². The third-order valence-corrected chi connectivity index (χ3v) is 7.63. The number of methoxy groups -OCH3 is 2. The van der Waals surface area contributed by atoms with E-state index in [1.807, 2.05) is 0 Å². The Kier molecular flexibility index (Phi) is 7.17. The minimum absolute atomic E-state index is 0.515. The molecule has 2 atom stereocenters. The van der Waals surface area contributed by atoms with Gasteiger partial charge in [-0.1, -0.05) is 73.5 Å². The van der Waals surface area contributed by atoms with Gasteiger partial charge in [0, 0.05) is 49.4 Å². The van der Waals surface area contributed by atoms with Crippen LogP contribution in [0, 0.1) is 0 Å². The second-order valence-corrected chi connectivity index (χ2v) is 9.62. The molecular weight excluding hydrogens is 420 g/mol. The monoisotopic (exact) mass is 456 g/mol. The molecule has 3 aromatic carbocycles. The van der Waals surface area contributed by atoms with Crippen LogP contribution < -0.4 is 9.47 Å². The predicted octanol–water partition coefficient (Wildman–Crippen LogP) is 6.03. The molecule has 4 nitrogen and oxygen atoms in total. The Bertz CT molecular complexity index is 1010. The molecule has 2 aliphatic rings. The van der Waals surface area contributed by atoms with Crippen LogP contribution in [0.4, 0.5) is 0 Å². The highest BCUT2D eigenvalue weighted by Gasteiger charge is 2.36. The van der Waals surface area contributed by atoms with Crippen LogP contribution in [0.2, 0.25) is 0 Å². The van der Waals surface area contributed by atoms with Crippen molar-refractivity contribution in [3.63, 3.8) is 0 Å². The Morgan fingerprint density at radius 2 is 1.03 bits per heavy atom. The van der Waals surface area contributed by atoms with Crippen molar-refractivity contribution in [3.8, 4) is 11.5 Å². The van der Waals surface area contributed by atoms with E-state index in [-0.39, 0.29) is 0 Å². The lowest BCUT2D eigenvalue weighted by molar-refractivity contribution is 0.0219. The molecule has 0 spiro atoms. The fourth-order valence-electron chi connectivity index (χ4n) is 5.93. The van der Waals surface area contributed by atoms with Crippen LogP contribution in [0.15, 0.2) is 72.8 Å². The number of benzene rings is 3. The van der Waals surface area contributed by atoms with E-state index in [1.165, 1.54) is 47.9 Å². The van der Waals surface area contributed by atoms with Crippen molar-refractivity contribution in [2.45, 2.75) is 63.9 Å². The molecule has 1 aliphatic heterocycles. The molecule has 0 amide bonds. The third kappa shape index (κ3) is 4.84. The van der Waals surface area contributed by atoms with E-state index in [4.69, 9.17) is 9.47 Å². The number of ether oxygens (including phenoxy) is 2. The summed E-state index contributed by atoms with van der Waals surface area (Å²) < 4.78 is 11.4. The van der Waals surface area contributed by atoms with Gasteiger partial charge in [-0.05, 0) is 36.1 Å². The molecule has 1 saturated carbocycles. The molecule has 1 fully saturated rings. The number of hydrogen-bond acceptors (Lipinski definition) is 4. The second-order valence-electron chi connectivity index (χ2n) is 9.62. The highest BCUT2D eigenvalue weighted by atomic mass is 16.5. The maximum absolute atomic E-state index is 5.72. The standard InChI is InChI=1S/C30H36N2O2/c1-33-29-17-9-5-13-25(29)21-31-19-23-11-3-4-12-24(23)20-32(28-16-8-7-15-27(28)31)22-26-14-6-10-18-30(26)34-2/h3-6,9-14,17-18,27-28H,7-8,15-16,19-22H2,1-2H3/t27-,28-/m1/s1. The van der Waals surface area contributed by atoms with Crippen LogP contribution >= 0.6 is 0 Å². The summed E-state index contributed by atoms with van der Waals surface area (Å²) in [5, 5.41) is 0. The van der Waals surface area contributed by atoms with Crippen LogP contribution in [0.1, 0.15) is 47.9 Å². The highest BCUT2D eigenvalue weighted by Crippen LogP contribution is 2.36. The molecule has 0 bridgehead atoms. The lowest BCUT2D eigenvalue weighted by atomic mass is 9.85. The number of hydrogen-bond donors (Lipinski definition) is 0. The third-order valence-electron chi connectivity index (χ3n) is 7.63. The summed E-state index contributed by atoms with van der Waals surface area (Å²) in [6.07, 6.45) is 5.08. The number of rotatable bonds is 6. The molecule has 0 N–H and O–H groups in total. The van der Waals surface area contributed by atoms with Gasteiger partial charge in [0.05, 0.1) is 14.2 Å². The Balaban J connectivity index is 1.53. The summed E-state index contributed by atoms with van der Waals surface area (Å²) in [5.74, 6) is 1.96. The predicted molar refractivity (Wildman–Crippen MR) is 137 cm³/mol. The molecule has 0 radical (unpaired) electrons. The lowest BCUT2D eigenvalue weighted by Crippen LogP contribution is -2.53. The summed E-state index contributed by atoms with van der Waals surface area (Å²) in [6, 6.07) is 27.0. The first-order valence-corrected chi connectivity index (χ1v) is 12.6. The topological polar surface area (TPSA) is 24.9 Å². The molecule has 0 aromatic heterocycles. The normalized spacial score (nSPS) is 21.1. The summed E-state index contributed by atoms with van der Waals surface area (Å²) in [6.45, 7) is 3.78. The van der Waals surface area contributed by atoms with Crippen LogP contribution in [0.25, 0.3) is 0 Å². The molecule has 5 rings (SSSR count). The summed E-state index contributed by atoms with van der Waals surface area (Å²) in [7, 11) is 3.56. The number of nitrogens with zero attached hydrogens (tertiary/aromatic N) is 2. The van der Waals surface area contributed by atoms with E-state index in [0.29, 0.717) is 12.1 Å². The first-order chi connectivity index (χ1) is 16.8. The van der Waals surface area contributed by atoms with Gasteiger partial charge in [-0.3, -0.25) is 9.80 Å². The molecule has 4 heteroatoms. The summed E-state index contributed by atoms with van der Waals surface area (Å²) >= 11 is 0. The van der Waals surface area contributed by atoms with Crippen molar-refractivity contribution < 1.29 is 9.47 Å². The van der Waals surface area contributed by atoms with Gasteiger partial charge < -0.3 is 9.47 Å². The van der Waals surface area contributed by atoms with Crippen molar-refractivity contribution in [1.82, 2.24) is 9.80 Å². The zero-order valence-electron chi connectivity index (χ0n) is 20.5. The van der Waals surface area contributed by atoms with Gasteiger partial charge in [0.25, 0.3) is 0 Å². The minimum atomic E-state index is 0.515. The van der Waals surface area contributed by atoms with Gasteiger partial charge in [0.1, 0.15) is 11.5 Å². The first-order valence-electron chi connectivity index (χ1n) is 12.6. The van der Waals surface area contributed by atoms with Crippen LogP contribution in [-0.2, 0) is 26.2 Å². The summed E-state index contributed by atoms with van der Waals surface area (Å²) in [4.78, 5) is 5.43.